The van der Waals surface area contributed by atoms with Crippen molar-refractivity contribution in [2.45, 2.75) is 26.3 Å². The average Bonchev–Trinajstić information content (AvgIpc) is 2.97. The van der Waals surface area contributed by atoms with Gasteiger partial charge >= 0.3 is 0 Å². The van der Waals surface area contributed by atoms with Crippen LogP contribution in [0.1, 0.15) is 18.5 Å². The van der Waals surface area contributed by atoms with Gasteiger partial charge in [0.2, 0.25) is 19.9 Å². The van der Waals surface area contributed by atoms with Crippen molar-refractivity contribution in [3.8, 4) is 5.75 Å². The van der Waals surface area contributed by atoms with E-state index in [-0.39, 0.29) is 25.1 Å². The Balaban J connectivity index is 2.54. The standard InChI is InChI=1S/C14H18N2O5S3/c1-9(16(2)3)11-8-10(4-5-12(11)17)23(18,19)13-6-7-14(22-13)24(15,20)21/h4-9,17H,1-3H3,(H2,15,20,21). The van der Waals surface area contributed by atoms with Crippen LogP contribution >= 0.6 is 11.3 Å². The van der Waals surface area contributed by atoms with Crippen LogP contribution in [-0.4, -0.2) is 40.9 Å². The Morgan fingerprint density at radius 2 is 1.67 bits per heavy atom. The molecule has 0 spiro atoms. The molecule has 0 radical (unpaired) electrons. The minimum Gasteiger partial charge on any atom is -0.508 e. The lowest BCUT2D eigenvalue weighted by atomic mass is 10.1. The third-order valence-electron chi connectivity index (χ3n) is 3.64. The molecule has 0 amide bonds. The largest absolute Gasteiger partial charge is 0.508 e. The van der Waals surface area contributed by atoms with Gasteiger partial charge in [-0.05, 0) is 51.4 Å². The van der Waals surface area contributed by atoms with Crippen molar-refractivity contribution in [1.82, 2.24) is 4.90 Å². The fourth-order valence-electron chi connectivity index (χ4n) is 2.03. The highest BCUT2D eigenvalue weighted by molar-refractivity contribution is 7.95. The number of rotatable bonds is 5. The van der Waals surface area contributed by atoms with Crippen LogP contribution in [0, 0.1) is 0 Å². The first-order valence-electron chi connectivity index (χ1n) is 6.81. The Bertz CT molecular complexity index is 962. The number of aromatic hydroxyl groups is 1. The van der Waals surface area contributed by atoms with Crippen molar-refractivity contribution in [2.75, 3.05) is 14.1 Å². The number of sulfonamides is 1. The molecule has 0 aliphatic rings. The second-order valence-electron chi connectivity index (χ2n) is 5.48. The summed E-state index contributed by atoms with van der Waals surface area (Å²) in [5.41, 5.74) is 0.462. The van der Waals surface area contributed by atoms with Gasteiger partial charge in [0, 0.05) is 11.6 Å². The number of nitrogens with zero attached hydrogens (tertiary/aromatic N) is 1. The third kappa shape index (κ3) is 3.62. The van der Waals surface area contributed by atoms with Crippen molar-refractivity contribution >= 4 is 31.2 Å². The highest BCUT2D eigenvalue weighted by Gasteiger charge is 2.24. The summed E-state index contributed by atoms with van der Waals surface area (Å²) in [5, 5.41) is 15.0. The minimum atomic E-state index is -3.96. The molecule has 24 heavy (non-hydrogen) atoms. The number of hydrogen-bond donors (Lipinski definition) is 2. The van der Waals surface area contributed by atoms with Crippen LogP contribution in [0.5, 0.6) is 5.75 Å². The van der Waals surface area contributed by atoms with E-state index in [4.69, 9.17) is 5.14 Å². The van der Waals surface area contributed by atoms with Crippen LogP contribution in [0.4, 0.5) is 0 Å². The van der Waals surface area contributed by atoms with E-state index < -0.39 is 19.9 Å². The van der Waals surface area contributed by atoms with Crippen LogP contribution < -0.4 is 5.14 Å². The molecule has 132 valence electrons. The SMILES string of the molecule is CC(c1cc(S(=O)(=O)c2ccc(S(N)(=O)=O)s2)ccc1O)N(C)C. The summed E-state index contributed by atoms with van der Waals surface area (Å²) in [4.78, 5) is 1.81. The van der Waals surface area contributed by atoms with Crippen molar-refractivity contribution in [1.29, 1.82) is 0 Å². The Morgan fingerprint density at radius 1 is 1.08 bits per heavy atom. The lowest BCUT2D eigenvalue weighted by molar-refractivity contribution is 0.311. The van der Waals surface area contributed by atoms with Crippen molar-refractivity contribution in [3.05, 3.63) is 35.9 Å². The van der Waals surface area contributed by atoms with Crippen LogP contribution in [0.3, 0.4) is 0 Å². The zero-order chi connectivity index (χ0) is 18.3. The summed E-state index contributed by atoms with van der Waals surface area (Å²) >= 11 is 0.593. The van der Waals surface area contributed by atoms with Crippen LogP contribution in [0.25, 0.3) is 0 Å². The molecular formula is C14H18N2O5S3. The van der Waals surface area contributed by atoms with Gasteiger partial charge in [0.15, 0.2) is 0 Å². The van der Waals surface area contributed by atoms with E-state index in [0.29, 0.717) is 16.9 Å². The highest BCUT2D eigenvalue weighted by Crippen LogP contribution is 2.34. The summed E-state index contributed by atoms with van der Waals surface area (Å²) in [7, 11) is -4.25. The predicted molar refractivity (Wildman–Crippen MR) is 91.4 cm³/mol. The van der Waals surface area contributed by atoms with Crippen molar-refractivity contribution in [3.63, 3.8) is 0 Å². The number of phenolic OH excluding ortho intramolecular Hbond substituents is 1. The van der Waals surface area contributed by atoms with Gasteiger partial charge in [0.1, 0.15) is 14.2 Å². The topological polar surface area (TPSA) is 118 Å². The van der Waals surface area contributed by atoms with Crippen LogP contribution in [-0.2, 0) is 19.9 Å². The smallest absolute Gasteiger partial charge is 0.247 e. The zero-order valence-electron chi connectivity index (χ0n) is 13.3. The highest BCUT2D eigenvalue weighted by atomic mass is 32.3. The van der Waals surface area contributed by atoms with E-state index in [2.05, 4.69) is 0 Å². The lowest BCUT2D eigenvalue weighted by Gasteiger charge is -2.21. The molecule has 0 fully saturated rings. The Morgan fingerprint density at radius 3 is 2.17 bits per heavy atom. The fourth-order valence-corrected chi connectivity index (χ4v) is 5.66. The van der Waals surface area contributed by atoms with Crippen molar-refractivity contribution in [2.24, 2.45) is 5.14 Å². The summed E-state index contributed by atoms with van der Waals surface area (Å²) in [5.74, 6) is -0.00782. The molecule has 1 heterocycles. The number of benzene rings is 1. The first-order valence-corrected chi connectivity index (χ1v) is 10.7. The lowest BCUT2D eigenvalue weighted by Crippen LogP contribution is -2.17. The Kier molecular flexibility index (Phi) is 5.07. The molecule has 0 saturated carbocycles. The van der Waals surface area contributed by atoms with Gasteiger partial charge in [0.25, 0.3) is 0 Å². The molecule has 1 atom stereocenters. The number of nitrogens with two attached hydrogens (primary N) is 1. The van der Waals surface area contributed by atoms with E-state index in [1.807, 2.05) is 25.9 Å². The molecule has 0 bridgehead atoms. The molecule has 1 unspecified atom stereocenters. The summed E-state index contributed by atoms with van der Waals surface area (Å²) in [6.45, 7) is 1.83. The maximum absolute atomic E-state index is 12.7. The first-order chi connectivity index (χ1) is 10.9. The van der Waals surface area contributed by atoms with E-state index >= 15 is 0 Å². The van der Waals surface area contributed by atoms with Crippen LogP contribution in [0.15, 0.2) is 43.6 Å². The van der Waals surface area contributed by atoms with E-state index in [0.717, 1.165) is 6.07 Å². The Labute approximate surface area is 145 Å². The number of phenols is 1. The van der Waals surface area contributed by atoms with Gasteiger partial charge in [-0.3, -0.25) is 0 Å². The first kappa shape index (κ1) is 18.9. The van der Waals surface area contributed by atoms with Crippen molar-refractivity contribution < 1.29 is 21.9 Å². The molecule has 2 rings (SSSR count). The maximum Gasteiger partial charge on any atom is 0.247 e. The molecular weight excluding hydrogens is 372 g/mol. The number of hydrogen-bond acceptors (Lipinski definition) is 7. The van der Waals surface area contributed by atoms with E-state index in [1.165, 1.54) is 24.3 Å². The number of sulfone groups is 1. The summed E-state index contributed by atoms with van der Waals surface area (Å²) in [6.07, 6.45) is 0. The molecule has 7 nitrogen and oxygen atoms in total. The molecule has 0 saturated heterocycles. The molecule has 1 aromatic carbocycles. The fraction of sp³-hybridized carbons (Fsp3) is 0.286. The minimum absolute atomic E-state index is 0.00782. The Hall–Kier alpha value is -1.46. The summed E-state index contributed by atoms with van der Waals surface area (Å²) < 4.78 is 47.7. The molecule has 1 aromatic heterocycles. The summed E-state index contributed by atoms with van der Waals surface area (Å²) in [6, 6.07) is 6.16. The zero-order valence-corrected chi connectivity index (χ0v) is 15.7. The third-order valence-corrected chi connectivity index (χ3v) is 8.40. The predicted octanol–water partition coefficient (Wildman–Crippen LogP) is 1.56. The second-order valence-corrected chi connectivity index (χ2v) is 10.5. The second kappa shape index (κ2) is 6.45. The van der Waals surface area contributed by atoms with Gasteiger partial charge in [0.05, 0.1) is 4.90 Å². The van der Waals surface area contributed by atoms with Gasteiger partial charge < -0.3 is 10.0 Å². The average molecular weight is 391 g/mol. The maximum atomic E-state index is 12.7. The normalized spacial score (nSPS) is 14.0. The quantitative estimate of drug-likeness (QED) is 0.800. The van der Waals surface area contributed by atoms with Gasteiger partial charge in [-0.15, -0.1) is 11.3 Å². The molecule has 3 N–H and O–H groups in total. The van der Waals surface area contributed by atoms with Gasteiger partial charge in [-0.2, -0.15) is 0 Å². The van der Waals surface area contributed by atoms with Crippen LogP contribution in [0.2, 0.25) is 0 Å². The number of thiophene rings is 1. The molecule has 2 aromatic rings. The van der Waals surface area contributed by atoms with E-state index in [9.17, 15) is 21.9 Å². The molecule has 0 aliphatic heterocycles. The van der Waals surface area contributed by atoms with Gasteiger partial charge in [-0.1, -0.05) is 0 Å². The monoisotopic (exact) mass is 390 g/mol. The van der Waals surface area contributed by atoms with Gasteiger partial charge in [-0.25, -0.2) is 22.0 Å². The molecule has 10 heteroatoms. The molecule has 0 aliphatic carbocycles. The number of primary sulfonamides is 1. The van der Waals surface area contributed by atoms with E-state index in [1.54, 1.807) is 0 Å².